The number of amides is 2. The van der Waals surface area contributed by atoms with Crippen LogP contribution in [-0.2, 0) is 17.8 Å². The minimum Gasteiger partial charge on any atom is -0.467 e. The molecule has 2 rings (SSSR count). The van der Waals surface area contributed by atoms with Crippen molar-refractivity contribution in [1.82, 2.24) is 20.0 Å². The molecule has 132 valence electrons. The Bertz CT molecular complexity index is 622. The van der Waals surface area contributed by atoms with E-state index in [1.54, 1.807) is 18.3 Å². The van der Waals surface area contributed by atoms with Crippen LogP contribution in [0.15, 0.2) is 28.9 Å². The average Bonchev–Trinajstić information content (AvgIpc) is 3.17. The summed E-state index contributed by atoms with van der Waals surface area (Å²) in [6.07, 6.45) is 2.43. The molecule has 0 bridgehead atoms. The molecule has 0 aliphatic carbocycles. The zero-order valence-corrected chi connectivity index (χ0v) is 14.6. The molecule has 0 saturated carbocycles. The van der Waals surface area contributed by atoms with Crippen molar-refractivity contribution in [3.05, 3.63) is 41.6 Å². The molecule has 7 nitrogen and oxygen atoms in total. The van der Waals surface area contributed by atoms with Crippen LogP contribution in [0.5, 0.6) is 0 Å². The first-order valence-corrected chi connectivity index (χ1v) is 8.15. The van der Waals surface area contributed by atoms with Gasteiger partial charge in [0.05, 0.1) is 25.1 Å². The third kappa shape index (κ3) is 5.42. The molecule has 0 aliphatic rings. The van der Waals surface area contributed by atoms with Crippen molar-refractivity contribution < 1.29 is 13.9 Å². The molecule has 2 aromatic heterocycles. The molecule has 0 atom stereocenters. The van der Waals surface area contributed by atoms with Gasteiger partial charge in [-0.25, -0.2) is 4.79 Å². The molecule has 2 aromatic rings. The first-order valence-electron chi connectivity index (χ1n) is 8.15. The number of ether oxygens (including phenoxy) is 1. The lowest BCUT2D eigenvalue weighted by molar-refractivity contribution is 0.143. The summed E-state index contributed by atoms with van der Waals surface area (Å²) in [6.45, 7) is 6.83. The minimum absolute atomic E-state index is 0.114. The van der Waals surface area contributed by atoms with E-state index in [-0.39, 0.29) is 6.03 Å². The molecule has 2 heterocycles. The lowest BCUT2D eigenvalue weighted by atomic mass is 10.3. The third-order valence-electron chi connectivity index (χ3n) is 3.71. The molecule has 1 N–H and O–H groups in total. The van der Waals surface area contributed by atoms with E-state index in [1.807, 2.05) is 30.7 Å². The maximum Gasteiger partial charge on any atom is 0.317 e. The van der Waals surface area contributed by atoms with Crippen LogP contribution < -0.4 is 5.32 Å². The Kier molecular flexibility index (Phi) is 6.87. The highest BCUT2D eigenvalue weighted by molar-refractivity contribution is 5.74. The van der Waals surface area contributed by atoms with E-state index in [9.17, 15) is 4.79 Å². The Balaban J connectivity index is 1.77. The number of rotatable bonds is 9. The Labute approximate surface area is 142 Å². The summed E-state index contributed by atoms with van der Waals surface area (Å²) >= 11 is 0. The van der Waals surface area contributed by atoms with Crippen molar-refractivity contribution in [2.24, 2.45) is 0 Å². The number of hydrogen-bond acceptors (Lipinski definition) is 4. The second-order valence-electron chi connectivity index (χ2n) is 5.73. The second-order valence-corrected chi connectivity index (χ2v) is 5.73. The smallest absolute Gasteiger partial charge is 0.317 e. The van der Waals surface area contributed by atoms with Gasteiger partial charge in [-0.15, -0.1) is 0 Å². The molecule has 7 heteroatoms. The number of nitrogens with zero attached hydrogens (tertiary/aromatic N) is 3. The van der Waals surface area contributed by atoms with Gasteiger partial charge in [-0.3, -0.25) is 4.68 Å². The fourth-order valence-electron chi connectivity index (χ4n) is 2.48. The summed E-state index contributed by atoms with van der Waals surface area (Å²) in [5.74, 6) is 0.754. The van der Waals surface area contributed by atoms with Crippen LogP contribution in [0.2, 0.25) is 0 Å². The Morgan fingerprint density at radius 1 is 1.46 bits per heavy atom. The van der Waals surface area contributed by atoms with Crippen molar-refractivity contribution in [2.75, 3.05) is 26.8 Å². The number of carbonyl (C=O) groups excluding carboxylic acids is 1. The Hall–Kier alpha value is -2.28. The van der Waals surface area contributed by atoms with E-state index in [2.05, 4.69) is 16.5 Å². The van der Waals surface area contributed by atoms with Gasteiger partial charge in [-0.2, -0.15) is 5.10 Å². The topological polar surface area (TPSA) is 72.5 Å². The monoisotopic (exact) mass is 334 g/mol. The number of carbonyl (C=O) groups is 1. The number of aromatic nitrogens is 2. The molecule has 0 unspecified atom stereocenters. The molecule has 0 saturated heterocycles. The molecule has 24 heavy (non-hydrogen) atoms. The SMILES string of the molecule is COCCN(Cc1ccco1)C(=O)NCCCn1nc(C)cc1C. The Morgan fingerprint density at radius 3 is 2.92 bits per heavy atom. The van der Waals surface area contributed by atoms with Gasteiger partial charge in [0.25, 0.3) is 0 Å². The standard InChI is InChI=1S/C17H26N4O3/c1-14-12-15(2)21(19-14)8-5-7-18-17(22)20(9-11-23-3)13-16-6-4-10-24-16/h4,6,10,12H,5,7-9,11,13H2,1-3H3,(H,18,22). The normalized spacial score (nSPS) is 10.8. The summed E-state index contributed by atoms with van der Waals surface area (Å²) in [5, 5.41) is 7.37. The zero-order chi connectivity index (χ0) is 17.4. The van der Waals surface area contributed by atoms with Gasteiger partial charge in [0.1, 0.15) is 5.76 Å². The summed E-state index contributed by atoms with van der Waals surface area (Å²) in [4.78, 5) is 14.0. The maximum atomic E-state index is 12.4. The lowest BCUT2D eigenvalue weighted by Gasteiger charge is -2.21. The van der Waals surface area contributed by atoms with Crippen LogP contribution in [0.1, 0.15) is 23.6 Å². The minimum atomic E-state index is -0.114. The summed E-state index contributed by atoms with van der Waals surface area (Å²) < 4.78 is 12.4. The van der Waals surface area contributed by atoms with E-state index in [1.165, 1.54) is 0 Å². The molecule has 0 aromatic carbocycles. The van der Waals surface area contributed by atoms with Crippen LogP contribution >= 0.6 is 0 Å². The van der Waals surface area contributed by atoms with Crippen molar-refractivity contribution >= 4 is 6.03 Å². The fourth-order valence-corrected chi connectivity index (χ4v) is 2.48. The number of aryl methyl sites for hydroxylation is 3. The highest BCUT2D eigenvalue weighted by atomic mass is 16.5. The first kappa shape index (κ1) is 18.1. The van der Waals surface area contributed by atoms with Crippen molar-refractivity contribution in [3.63, 3.8) is 0 Å². The molecular weight excluding hydrogens is 308 g/mol. The summed E-state index contributed by atoms with van der Waals surface area (Å²) in [5.41, 5.74) is 2.15. The largest absolute Gasteiger partial charge is 0.467 e. The summed E-state index contributed by atoms with van der Waals surface area (Å²) in [6, 6.07) is 5.61. The van der Waals surface area contributed by atoms with Crippen LogP contribution in [0.4, 0.5) is 4.79 Å². The third-order valence-corrected chi connectivity index (χ3v) is 3.71. The molecule has 0 fully saturated rings. The van der Waals surface area contributed by atoms with E-state index in [4.69, 9.17) is 9.15 Å². The maximum absolute atomic E-state index is 12.4. The predicted molar refractivity (Wildman–Crippen MR) is 90.7 cm³/mol. The Morgan fingerprint density at radius 2 is 2.29 bits per heavy atom. The lowest BCUT2D eigenvalue weighted by Crippen LogP contribution is -2.41. The van der Waals surface area contributed by atoms with Gasteiger partial charge in [-0.1, -0.05) is 0 Å². The highest BCUT2D eigenvalue weighted by Gasteiger charge is 2.14. The van der Waals surface area contributed by atoms with Gasteiger partial charge >= 0.3 is 6.03 Å². The predicted octanol–water partition coefficient (Wildman–Crippen LogP) is 2.34. The number of urea groups is 1. The van der Waals surface area contributed by atoms with Crippen LogP contribution in [0, 0.1) is 13.8 Å². The van der Waals surface area contributed by atoms with Crippen molar-refractivity contribution in [2.45, 2.75) is 33.4 Å². The van der Waals surface area contributed by atoms with Crippen LogP contribution in [-0.4, -0.2) is 47.5 Å². The molecule has 0 spiro atoms. The number of hydrogen-bond donors (Lipinski definition) is 1. The van der Waals surface area contributed by atoms with Gasteiger partial charge < -0.3 is 19.4 Å². The van der Waals surface area contributed by atoms with Crippen molar-refractivity contribution in [1.29, 1.82) is 0 Å². The fraction of sp³-hybridized carbons (Fsp3) is 0.529. The second kappa shape index (κ2) is 9.12. The van der Waals surface area contributed by atoms with Crippen LogP contribution in [0.3, 0.4) is 0 Å². The van der Waals surface area contributed by atoms with E-state index in [0.29, 0.717) is 26.2 Å². The van der Waals surface area contributed by atoms with Gasteiger partial charge in [0.2, 0.25) is 0 Å². The van der Waals surface area contributed by atoms with Crippen LogP contribution in [0.25, 0.3) is 0 Å². The molecule has 0 radical (unpaired) electrons. The number of methoxy groups -OCH3 is 1. The van der Waals surface area contributed by atoms with Gasteiger partial charge in [0.15, 0.2) is 0 Å². The summed E-state index contributed by atoms with van der Waals surface area (Å²) in [7, 11) is 1.62. The number of furan rings is 1. The number of nitrogens with one attached hydrogen (secondary N) is 1. The zero-order valence-electron chi connectivity index (χ0n) is 14.6. The van der Waals surface area contributed by atoms with Gasteiger partial charge in [-0.05, 0) is 38.5 Å². The average molecular weight is 334 g/mol. The first-order chi connectivity index (χ1) is 11.6. The highest BCUT2D eigenvalue weighted by Crippen LogP contribution is 2.06. The molecule has 0 aliphatic heterocycles. The van der Waals surface area contributed by atoms with Gasteiger partial charge in [0, 0.05) is 32.4 Å². The quantitative estimate of drug-likeness (QED) is 0.715. The van der Waals surface area contributed by atoms with Crippen molar-refractivity contribution in [3.8, 4) is 0 Å². The molecule has 2 amide bonds. The van der Waals surface area contributed by atoms with E-state index >= 15 is 0 Å². The molecular formula is C17H26N4O3. The van der Waals surface area contributed by atoms with E-state index < -0.39 is 0 Å². The van der Waals surface area contributed by atoms with E-state index in [0.717, 1.165) is 30.1 Å².